The van der Waals surface area contributed by atoms with Crippen molar-refractivity contribution in [2.24, 2.45) is 0 Å². The fourth-order valence-corrected chi connectivity index (χ4v) is 8.52. The van der Waals surface area contributed by atoms with E-state index in [0.717, 1.165) is 63.9 Å². The van der Waals surface area contributed by atoms with Crippen molar-refractivity contribution in [3.63, 3.8) is 0 Å². The number of hydrogen-bond acceptors (Lipinski definition) is 8. The van der Waals surface area contributed by atoms with Crippen molar-refractivity contribution < 1.29 is 22.7 Å². The van der Waals surface area contributed by atoms with Gasteiger partial charge in [-0.1, -0.05) is 12.2 Å². The first kappa shape index (κ1) is 23.7. The van der Waals surface area contributed by atoms with E-state index in [1.165, 1.54) is 6.26 Å². The summed E-state index contributed by atoms with van der Waals surface area (Å²) >= 11 is 2.79. The van der Waals surface area contributed by atoms with Crippen molar-refractivity contribution in [3.8, 4) is 22.8 Å². The number of benzene rings is 1. The van der Waals surface area contributed by atoms with Crippen LogP contribution < -0.4 is 9.47 Å². The highest BCUT2D eigenvalue weighted by molar-refractivity contribution is 7.92. The predicted octanol–water partition coefficient (Wildman–Crippen LogP) is 5.03. The minimum atomic E-state index is -3.38. The monoisotopic (exact) mass is 542 g/mol. The number of piperidine rings is 1. The van der Waals surface area contributed by atoms with Crippen LogP contribution >= 0.6 is 22.7 Å². The van der Waals surface area contributed by atoms with Crippen molar-refractivity contribution >= 4 is 44.5 Å². The molecule has 0 spiro atoms. The Morgan fingerprint density at radius 3 is 2.69 bits per heavy atom. The summed E-state index contributed by atoms with van der Waals surface area (Å²) in [4.78, 5) is 20.8. The first-order valence-electron chi connectivity index (χ1n) is 12.1. The summed E-state index contributed by atoms with van der Waals surface area (Å²) in [5, 5.41) is 3.17. The molecular formula is C26H26N2O5S3. The molecule has 7 nitrogen and oxygen atoms in total. The van der Waals surface area contributed by atoms with Crippen LogP contribution in [0, 0.1) is 0 Å². The van der Waals surface area contributed by atoms with Gasteiger partial charge in [0.05, 0.1) is 15.6 Å². The fourth-order valence-electron chi connectivity index (χ4n) is 5.03. The second-order valence-corrected chi connectivity index (χ2v) is 13.4. The Balaban J connectivity index is 1.16. The van der Waals surface area contributed by atoms with Crippen LogP contribution in [0.3, 0.4) is 0 Å². The average molecular weight is 543 g/mol. The number of allylic oxidation sites excluding steroid dienone is 1. The zero-order chi connectivity index (χ0) is 24.9. The summed E-state index contributed by atoms with van der Waals surface area (Å²) in [7, 11) is -3.38. The molecule has 4 heterocycles. The molecule has 0 radical (unpaired) electrons. The number of likely N-dealkylation sites (tertiary alicyclic amines) is 1. The lowest BCUT2D eigenvalue weighted by Crippen LogP contribution is -2.38. The summed E-state index contributed by atoms with van der Waals surface area (Å²) in [6.45, 7) is 2.40. The van der Waals surface area contributed by atoms with Crippen LogP contribution in [0.2, 0.25) is 0 Å². The van der Waals surface area contributed by atoms with Crippen LogP contribution in [0.4, 0.5) is 0 Å². The third kappa shape index (κ3) is 4.35. The number of thiophene rings is 1. The Morgan fingerprint density at radius 2 is 1.92 bits per heavy atom. The quantitative estimate of drug-likeness (QED) is 0.460. The van der Waals surface area contributed by atoms with Crippen LogP contribution in [-0.4, -0.2) is 56.8 Å². The molecule has 6 rings (SSSR count). The molecule has 1 amide bonds. The van der Waals surface area contributed by atoms with E-state index >= 15 is 0 Å². The van der Waals surface area contributed by atoms with Crippen molar-refractivity contribution in [1.29, 1.82) is 0 Å². The number of aromatic nitrogens is 1. The van der Waals surface area contributed by atoms with Gasteiger partial charge in [-0.15, -0.1) is 22.7 Å². The molecule has 1 aliphatic carbocycles. The maximum Gasteiger partial charge on any atom is 0.264 e. The lowest BCUT2D eigenvalue weighted by Gasteiger charge is -2.31. The van der Waals surface area contributed by atoms with E-state index in [1.807, 2.05) is 35.3 Å². The van der Waals surface area contributed by atoms with Gasteiger partial charge in [-0.3, -0.25) is 4.79 Å². The van der Waals surface area contributed by atoms with Gasteiger partial charge in [0.2, 0.25) is 0 Å². The van der Waals surface area contributed by atoms with Gasteiger partial charge in [0, 0.05) is 41.8 Å². The lowest BCUT2D eigenvalue weighted by atomic mass is 9.96. The minimum absolute atomic E-state index is 0.0454. The largest absolute Gasteiger partial charge is 0.486 e. The van der Waals surface area contributed by atoms with Crippen molar-refractivity contribution in [2.75, 3.05) is 32.6 Å². The molecule has 0 unspecified atom stereocenters. The number of carbonyl (C=O) groups excluding carboxylic acids is 1. The van der Waals surface area contributed by atoms with Crippen LogP contribution in [0.5, 0.6) is 11.5 Å². The van der Waals surface area contributed by atoms with Gasteiger partial charge in [0.1, 0.15) is 17.4 Å². The summed E-state index contributed by atoms with van der Waals surface area (Å²) in [6.07, 6.45) is 8.27. The van der Waals surface area contributed by atoms with E-state index in [2.05, 4.69) is 5.38 Å². The van der Waals surface area contributed by atoms with E-state index in [4.69, 9.17) is 14.5 Å². The number of fused-ring (bicyclic) bond motifs is 2. The highest BCUT2D eigenvalue weighted by atomic mass is 32.2. The van der Waals surface area contributed by atoms with Gasteiger partial charge in [0.25, 0.3) is 5.91 Å². The molecule has 2 aromatic heterocycles. The Labute approximate surface area is 218 Å². The highest BCUT2D eigenvalue weighted by Gasteiger charge is 2.32. The van der Waals surface area contributed by atoms with Crippen LogP contribution in [-0.2, 0) is 16.3 Å². The zero-order valence-electron chi connectivity index (χ0n) is 19.9. The molecule has 3 aromatic rings. The van der Waals surface area contributed by atoms with Gasteiger partial charge in [0.15, 0.2) is 21.3 Å². The number of thiazole rings is 1. The third-order valence-corrected chi connectivity index (χ3v) is 11.0. The predicted molar refractivity (Wildman–Crippen MR) is 141 cm³/mol. The Hall–Kier alpha value is -2.69. The van der Waals surface area contributed by atoms with E-state index < -0.39 is 9.84 Å². The number of rotatable bonds is 4. The summed E-state index contributed by atoms with van der Waals surface area (Å²) in [5.74, 6) is 1.78. The van der Waals surface area contributed by atoms with Crippen LogP contribution in [0.1, 0.15) is 51.0 Å². The molecule has 188 valence electrons. The molecule has 1 aromatic carbocycles. The van der Waals surface area contributed by atoms with Gasteiger partial charge in [-0.25, -0.2) is 13.4 Å². The van der Waals surface area contributed by atoms with Gasteiger partial charge in [-0.05, 0) is 49.4 Å². The zero-order valence-corrected chi connectivity index (χ0v) is 22.3. The Bertz CT molecular complexity index is 1460. The average Bonchev–Trinajstić information content (AvgIpc) is 3.54. The first-order valence-corrected chi connectivity index (χ1v) is 15.6. The topological polar surface area (TPSA) is 85.8 Å². The standard InChI is InChI=1S/C26H26N2O5S3/c1-36(30,31)26-19-5-3-2-4-18(19)23(35-26)25(29)28-10-8-16(9-11-28)24-27-20(15-34-24)17-6-7-21-22(14-17)33-13-12-32-21/h3,5-7,14-16H,2,4,8-13H2,1H3. The fraction of sp³-hybridized carbons (Fsp3) is 0.385. The number of sulfone groups is 1. The molecule has 0 N–H and O–H groups in total. The van der Waals surface area contributed by atoms with E-state index in [0.29, 0.717) is 53.3 Å². The maximum atomic E-state index is 13.4. The Morgan fingerprint density at radius 1 is 1.14 bits per heavy atom. The molecule has 10 heteroatoms. The highest BCUT2D eigenvalue weighted by Crippen LogP contribution is 2.40. The minimum Gasteiger partial charge on any atom is -0.486 e. The second-order valence-electron chi connectivity index (χ2n) is 9.32. The molecule has 2 aliphatic heterocycles. The number of amides is 1. The summed E-state index contributed by atoms with van der Waals surface area (Å²) < 4.78 is 36.3. The van der Waals surface area contributed by atoms with Gasteiger partial charge in [-0.2, -0.15) is 0 Å². The van der Waals surface area contributed by atoms with Crippen LogP contribution in [0.15, 0.2) is 33.9 Å². The third-order valence-electron chi connectivity index (χ3n) is 6.88. The molecular weight excluding hydrogens is 516 g/mol. The van der Waals surface area contributed by atoms with E-state index in [-0.39, 0.29) is 5.91 Å². The first-order chi connectivity index (χ1) is 17.4. The maximum absolute atomic E-state index is 13.4. The molecule has 1 saturated heterocycles. The van der Waals surface area contributed by atoms with E-state index in [1.54, 1.807) is 11.3 Å². The number of carbonyl (C=O) groups is 1. The van der Waals surface area contributed by atoms with Crippen molar-refractivity contribution in [1.82, 2.24) is 9.88 Å². The number of hydrogen-bond donors (Lipinski definition) is 0. The van der Waals surface area contributed by atoms with Crippen molar-refractivity contribution in [3.05, 3.63) is 50.7 Å². The second kappa shape index (κ2) is 9.32. The van der Waals surface area contributed by atoms with Gasteiger partial charge < -0.3 is 14.4 Å². The molecule has 3 aliphatic rings. The lowest BCUT2D eigenvalue weighted by molar-refractivity contribution is 0.0717. The van der Waals surface area contributed by atoms with Crippen LogP contribution in [0.25, 0.3) is 17.3 Å². The SMILES string of the molecule is CS(=O)(=O)c1sc(C(=O)N2CCC(c3nc(-c4ccc5c(c4)OCCO5)cs3)CC2)c2c1C=CCC2. The molecule has 0 saturated carbocycles. The Kier molecular flexibility index (Phi) is 6.13. The summed E-state index contributed by atoms with van der Waals surface area (Å²) in [6, 6.07) is 5.92. The molecule has 36 heavy (non-hydrogen) atoms. The normalized spacial score (nSPS) is 17.8. The molecule has 1 fully saturated rings. The van der Waals surface area contributed by atoms with Crippen molar-refractivity contribution in [2.45, 2.75) is 35.8 Å². The summed E-state index contributed by atoms with van der Waals surface area (Å²) in [5.41, 5.74) is 3.53. The molecule has 0 atom stereocenters. The molecule has 0 bridgehead atoms. The number of ether oxygens (including phenoxy) is 2. The number of nitrogens with zero attached hydrogens (tertiary/aromatic N) is 2. The van der Waals surface area contributed by atoms with Gasteiger partial charge >= 0.3 is 0 Å². The smallest absolute Gasteiger partial charge is 0.264 e. The van der Waals surface area contributed by atoms with E-state index in [9.17, 15) is 13.2 Å².